The quantitative estimate of drug-likeness (QED) is 0.860. The molecule has 4 nitrogen and oxygen atoms in total. The van der Waals surface area contributed by atoms with Crippen LogP contribution in [-0.4, -0.2) is 21.0 Å². The molecule has 0 bridgehead atoms. The molecule has 0 spiro atoms. The summed E-state index contributed by atoms with van der Waals surface area (Å²) in [5, 5.41) is 9.67. The maximum atomic E-state index is 11.1. The molecule has 2 aromatic rings. The number of nitrogens with zero attached hydrogens (tertiary/aromatic N) is 2. The molecule has 0 saturated heterocycles. The smallest absolute Gasteiger partial charge is 0.336 e. The van der Waals surface area contributed by atoms with Crippen LogP contribution in [0.5, 0.6) is 0 Å². The van der Waals surface area contributed by atoms with Crippen LogP contribution in [0.4, 0.5) is 0 Å². The number of aromatic carboxylic acids is 1. The van der Waals surface area contributed by atoms with Gasteiger partial charge >= 0.3 is 5.97 Å². The third-order valence-corrected chi connectivity index (χ3v) is 3.28. The molecule has 92 valence electrons. The van der Waals surface area contributed by atoms with Gasteiger partial charge in [0.05, 0.1) is 5.56 Å². The zero-order chi connectivity index (χ0) is 13.1. The van der Waals surface area contributed by atoms with E-state index >= 15 is 0 Å². The Hall–Kier alpha value is -1.88. The van der Waals surface area contributed by atoms with E-state index in [1.807, 2.05) is 19.9 Å². The molecule has 2 rings (SSSR count). The lowest BCUT2D eigenvalue weighted by atomic mass is 10.1. The average Bonchev–Trinajstić information content (AvgIpc) is 2.32. The van der Waals surface area contributed by atoms with E-state index in [1.54, 1.807) is 24.5 Å². The minimum Gasteiger partial charge on any atom is -0.478 e. The van der Waals surface area contributed by atoms with E-state index < -0.39 is 5.97 Å². The van der Waals surface area contributed by atoms with Gasteiger partial charge in [0, 0.05) is 17.3 Å². The first kappa shape index (κ1) is 12.6. The van der Waals surface area contributed by atoms with E-state index in [2.05, 4.69) is 9.97 Å². The standard InChI is InChI=1S/C13H12N2O2S/c1-8-3-4-10(12(16)17)11(5-8)18-13-14-6-9(2)7-15-13/h3-7H,1-2H3,(H,16,17). The predicted molar refractivity (Wildman–Crippen MR) is 69.0 cm³/mol. The van der Waals surface area contributed by atoms with Crippen molar-refractivity contribution in [1.82, 2.24) is 9.97 Å². The van der Waals surface area contributed by atoms with Crippen LogP contribution in [0, 0.1) is 13.8 Å². The number of hydrogen-bond donors (Lipinski definition) is 1. The fraction of sp³-hybridized carbons (Fsp3) is 0.154. The molecule has 0 amide bonds. The third kappa shape index (κ3) is 2.87. The molecular formula is C13H12N2O2S. The highest BCUT2D eigenvalue weighted by Crippen LogP contribution is 2.28. The summed E-state index contributed by atoms with van der Waals surface area (Å²) in [7, 11) is 0. The van der Waals surface area contributed by atoms with Gasteiger partial charge < -0.3 is 5.11 Å². The van der Waals surface area contributed by atoms with Crippen LogP contribution in [0.3, 0.4) is 0 Å². The number of carboxylic acids is 1. The molecule has 0 fully saturated rings. The highest BCUT2D eigenvalue weighted by molar-refractivity contribution is 7.99. The minimum absolute atomic E-state index is 0.273. The van der Waals surface area contributed by atoms with E-state index in [0.717, 1.165) is 11.1 Å². The second-order valence-electron chi connectivity index (χ2n) is 3.95. The molecule has 0 aliphatic heterocycles. The fourth-order valence-electron chi connectivity index (χ4n) is 1.42. The largest absolute Gasteiger partial charge is 0.478 e. The van der Waals surface area contributed by atoms with E-state index in [9.17, 15) is 4.79 Å². The summed E-state index contributed by atoms with van der Waals surface area (Å²) in [4.78, 5) is 20.1. The molecular weight excluding hydrogens is 248 g/mol. The first-order chi connectivity index (χ1) is 8.56. The highest BCUT2D eigenvalue weighted by atomic mass is 32.2. The van der Waals surface area contributed by atoms with Gasteiger partial charge in [-0.1, -0.05) is 6.07 Å². The van der Waals surface area contributed by atoms with Crippen LogP contribution in [0.15, 0.2) is 40.6 Å². The Morgan fingerprint density at radius 3 is 2.44 bits per heavy atom. The Balaban J connectivity index is 2.35. The number of hydrogen-bond acceptors (Lipinski definition) is 4. The van der Waals surface area contributed by atoms with Crippen molar-refractivity contribution in [2.75, 3.05) is 0 Å². The monoisotopic (exact) mass is 260 g/mol. The maximum absolute atomic E-state index is 11.1. The van der Waals surface area contributed by atoms with E-state index in [0.29, 0.717) is 10.1 Å². The Morgan fingerprint density at radius 2 is 1.83 bits per heavy atom. The lowest BCUT2D eigenvalue weighted by molar-refractivity contribution is 0.0693. The zero-order valence-corrected chi connectivity index (χ0v) is 10.9. The molecule has 18 heavy (non-hydrogen) atoms. The van der Waals surface area contributed by atoms with Crippen LogP contribution in [0.25, 0.3) is 0 Å². The molecule has 1 heterocycles. The van der Waals surface area contributed by atoms with Crippen molar-refractivity contribution in [3.8, 4) is 0 Å². The van der Waals surface area contributed by atoms with Crippen molar-refractivity contribution < 1.29 is 9.90 Å². The lowest BCUT2D eigenvalue weighted by Gasteiger charge is -2.05. The van der Waals surface area contributed by atoms with Gasteiger partial charge in [0.25, 0.3) is 0 Å². The van der Waals surface area contributed by atoms with Gasteiger partial charge in [0.2, 0.25) is 0 Å². The van der Waals surface area contributed by atoms with Gasteiger partial charge in [-0.15, -0.1) is 0 Å². The molecule has 0 radical (unpaired) electrons. The summed E-state index contributed by atoms with van der Waals surface area (Å²) in [5.74, 6) is -0.940. The predicted octanol–water partition coefficient (Wildman–Crippen LogP) is 2.94. The molecule has 0 atom stereocenters. The first-order valence-corrected chi connectivity index (χ1v) is 6.18. The number of benzene rings is 1. The SMILES string of the molecule is Cc1cnc(Sc2cc(C)ccc2C(=O)O)nc1. The highest BCUT2D eigenvalue weighted by Gasteiger charge is 2.12. The second kappa shape index (κ2) is 5.18. The number of aryl methyl sites for hydroxylation is 2. The molecule has 1 aromatic heterocycles. The van der Waals surface area contributed by atoms with Crippen molar-refractivity contribution in [2.45, 2.75) is 23.9 Å². The van der Waals surface area contributed by atoms with Crippen molar-refractivity contribution in [2.24, 2.45) is 0 Å². The van der Waals surface area contributed by atoms with Gasteiger partial charge in [-0.3, -0.25) is 0 Å². The number of carboxylic acid groups (broad SMARTS) is 1. The van der Waals surface area contributed by atoms with Crippen LogP contribution in [0.2, 0.25) is 0 Å². The summed E-state index contributed by atoms with van der Waals surface area (Å²) < 4.78 is 0. The van der Waals surface area contributed by atoms with Gasteiger partial charge in [-0.2, -0.15) is 0 Å². The summed E-state index contributed by atoms with van der Waals surface area (Å²) in [6.07, 6.45) is 3.43. The first-order valence-electron chi connectivity index (χ1n) is 5.36. The summed E-state index contributed by atoms with van der Waals surface area (Å²) in [5.41, 5.74) is 2.26. The van der Waals surface area contributed by atoms with E-state index in [1.165, 1.54) is 11.8 Å². The lowest BCUT2D eigenvalue weighted by Crippen LogP contribution is -1.99. The van der Waals surface area contributed by atoms with Gasteiger partial charge in [0.1, 0.15) is 0 Å². The summed E-state index contributed by atoms with van der Waals surface area (Å²) in [6, 6.07) is 5.22. The van der Waals surface area contributed by atoms with Crippen LogP contribution in [0.1, 0.15) is 21.5 Å². The number of aromatic nitrogens is 2. The zero-order valence-electron chi connectivity index (χ0n) is 10.0. The molecule has 1 aromatic carbocycles. The van der Waals surface area contributed by atoms with E-state index in [-0.39, 0.29) is 5.56 Å². The average molecular weight is 260 g/mol. The normalized spacial score (nSPS) is 10.3. The molecule has 0 unspecified atom stereocenters. The Morgan fingerprint density at radius 1 is 1.17 bits per heavy atom. The van der Waals surface area contributed by atoms with Crippen LogP contribution in [-0.2, 0) is 0 Å². The van der Waals surface area contributed by atoms with Crippen LogP contribution < -0.4 is 0 Å². The molecule has 0 aliphatic carbocycles. The van der Waals surface area contributed by atoms with E-state index in [4.69, 9.17) is 5.11 Å². The van der Waals surface area contributed by atoms with Gasteiger partial charge in [-0.25, -0.2) is 14.8 Å². The van der Waals surface area contributed by atoms with Crippen LogP contribution >= 0.6 is 11.8 Å². The molecule has 0 aliphatic rings. The Kier molecular flexibility index (Phi) is 3.62. The topological polar surface area (TPSA) is 63.1 Å². The van der Waals surface area contributed by atoms with Crippen molar-refractivity contribution in [3.05, 3.63) is 47.3 Å². The molecule has 1 N–H and O–H groups in total. The van der Waals surface area contributed by atoms with Crippen molar-refractivity contribution in [1.29, 1.82) is 0 Å². The fourth-order valence-corrected chi connectivity index (χ4v) is 2.34. The maximum Gasteiger partial charge on any atom is 0.336 e. The van der Waals surface area contributed by atoms with Gasteiger partial charge in [-0.05, 0) is 48.9 Å². The molecule has 0 saturated carbocycles. The van der Waals surface area contributed by atoms with Crippen molar-refractivity contribution >= 4 is 17.7 Å². The second-order valence-corrected chi connectivity index (χ2v) is 4.96. The number of carbonyl (C=O) groups is 1. The Labute approximate surface area is 109 Å². The summed E-state index contributed by atoms with van der Waals surface area (Å²) >= 11 is 1.26. The number of rotatable bonds is 3. The van der Waals surface area contributed by atoms with Gasteiger partial charge in [0.15, 0.2) is 5.16 Å². The third-order valence-electron chi connectivity index (χ3n) is 2.33. The molecule has 5 heteroatoms. The summed E-state index contributed by atoms with van der Waals surface area (Å²) in [6.45, 7) is 3.83. The Bertz CT molecular complexity index is 582. The van der Waals surface area contributed by atoms with Crippen molar-refractivity contribution in [3.63, 3.8) is 0 Å². The minimum atomic E-state index is -0.940.